The topological polar surface area (TPSA) is 26.0 Å². The van der Waals surface area contributed by atoms with Crippen LogP contribution >= 0.6 is 0 Å². The van der Waals surface area contributed by atoms with Crippen molar-refractivity contribution in [3.8, 4) is 0 Å². The van der Waals surface area contributed by atoms with E-state index in [2.05, 4.69) is 13.8 Å². The van der Waals surface area contributed by atoms with Crippen molar-refractivity contribution >= 4 is 0 Å². The summed E-state index contributed by atoms with van der Waals surface area (Å²) in [4.78, 5) is 0. The fraction of sp³-hybridized carbons (Fsp3) is 1.00. The van der Waals surface area contributed by atoms with Crippen molar-refractivity contribution in [1.82, 2.24) is 0 Å². The lowest BCUT2D eigenvalue weighted by Gasteiger charge is -2.26. The molecular formula is C9H17N. The first-order valence-electron chi connectivity index (χ1n) is 4.40. The molecule has 0 aromatic rings. The van der Waals surface area contributed by atoms with Gasteiger partial charge < -0.3 is 5.73 Å². The molecule has 0 heterocycles. The van der Waals surface area contributed by atoms with Crippen LogP contribution in [0.4, 0.5) is 0 Å². The van der Waals surface area contributed by atoms with Crippen LogP contribution in [0.3, 0.4) is 0 Å². The van der Waals surface area contributed by atoms with Crippen LogP contribution in [0.25, 0.3) is 0 Å². The maximum Gasteiger partial charge on any atom is 0.0215 e. The SMILES string of the molecule is CC(C)C1(C2(N)CC2)CC1. The quantitative estimate of drug-likeness (QED) is 0.621. The van der Waals surface area contributed by atoms with Gasteiger partial charge in [-0.15, -0.1) is 0 Å². The van der Waals surface area contributed by atoms with E-state index in [4.69, 9.17) is 5.73 Å². The van der Waals surface area contributed by atoms with Crippen molar-refractivity contribution in [2.45, 2.75) is 45.1 Å². The molecule has 0 unspecified atom stereocenters. The molecule has 0 bridgehead atoms. The summed E-state index contributed by atoms with van der Waals surface area (Å²) in [5.41, 5.74) is 7.04. The molecule has 2 aliphatic carbocycles. The molecule has 2 N–H and O–H groups in total. The smallest absolute Gasteiger partial charge is 0.0215 e. The van der Waals surface area contributed by atoms with Gasteiger partial charge in [-0.2, -0.15) is 0 Å². The predicted molar refractivity (Wildman–Crippen MR) is 42.7 cm³/mol. The van der Waals surface area contributed by atoms with Crippen LogP contribution in [0.5, 0.6) is 0 Å². The number of hydrogen-bond acceptors (Lipinski definition) is 1. The van der Waals surface area contributed by atoms with Gasteiger partial charge >= 0.3 is 0 Å². The van der Waals surface area contributed by atoms with Gasteiger partial charge in [-0.25, -0.2) is 0 Å². The van der Waals surface area contributed by atoms with Gasteiger partial charge in [0.05, 0.1) is 0 Å². The molecule has 58 valence electrons. The Bertz CT molecular complexity index is 152. The number of hydrogen-bond donors (Lipinski definition) is 1. The van der Waals surface area contributed by atoms with Gasteiger partial charge in [-0.05, 0) is 37.0 Å². The van der Waals surface area contributed by atoms with E-state index in [1.165, 1.54) is 25.7 Å². The highest BCUT2D eigenvalue weighted by Crippen LogP contribution is 2.66. The molecule has 1 nitrogen and oxygen atoms in total. The molecule has 2 fully saturated rings. The average molecular weight is 139 g/mol. The van der Waals surface area contributed by atoms with Crippen LogP contribution in [0.15, 0.2) is 0 Å². The minimum absolute atomic E-state index is 0.279. The van der Waals surface area contributed by atoms with Crippen LogP contribution in [-0.4, -0.2) is 5.54 Å². The molecule has 0 amide bonds. The summed E-state index contributed by atoms with van der Waals surface area (Å²) < 4.78 is 0. The third kappa shape index (κ3) is 0.619. The predicted octanol–water partition coefficient (Wildman–Crippen LogP) is 1.91. The Morgan fingerprint density at radius 1 is 1.10 bits per heavy atom. The first-order valence-corrected chi connectivity index (χ1v) is 4.40. The maximum absolute atomic E-state index is 6.19. The molecule has 0 saturated heterocycles. The molecule has 2 aliphatic rings. The zero-order valence-corrected chi connectivity index (χ0v) is 6.98. The van der Waals surface area contributed by atoms with E-state index in [0.717, 1.165) is 5.92 Å². The first-order chi connectivity index (χ1) is 4.61. The fourth-order valence-electron chi connectivity index (χ4n) is 2.42. The highest BCUT2D eigenvalue weighted by molar-refractivity contribution is 5.19. The number of rotatable bonds is 2. The maximum atomic E-state index is 6.19. The summed E-state index contributed by atoms with van der Waals surface area (Å²) in [6.07, 6.45) is 5.35. The van der Waals surface area contributed by atoms with E-state index in [1.54, 1.807) is 0 Å². The van der Waals surface area contributed by atoms with Gasteiger partial charge in [0.2, 0.25) is 0 Å². The molecule has 1 heteroatoms. The minimum Gasteiger partial charge on any atom is -0.325 e. The van der Waals surface area contributed by atoms with Crippen LogP contribution in [0.2, 0.25) is 0 Å². The summed E-state index contributed by atoms with van der Waals surface area (Å²) in [5.74, 6) is 0.806. The lowest BCUT2D eigenvalue weighted by atomic mass is 9.83. The standard InChI is InChI=1S/C9H17N/c1-7(2)8(3-4-8)9(10)5-6-9/h7H,3-6,10H2,1-2H3. The molecule has 0 radical (unpaired) electrons. The number of nitrogens with two attached hydrogens (primary N) is 1. The Labute approximate surface area is 63.0 Å². The highest BCUT2D eigenvalue weighted by Gasteiger charge is 2.64. The van der Waals surface area contributed by atoms with Crippen molar-refractivity contribution in [3.63, 3.8) is 0 Å². The van der Waals surface area contributed by atoms with Gasteiger partial charge in [0.1, 0.15) is 0 Å². The molecule has 0 spiro atoms. The highest BCUT2D eigenvalue weighted by atomic mass is 14.9. The van der Waals surface area contributed by atoms with Gasteiger partial charge in [0, 0.05) is 5.54 Å². The fourth-order valence-corrected chi connectivity index (χ4v) is 2.42. The van der Waals surface area contributed by atoms with Crippen molar-refractivity contribution in [3.05, 3.63) is 0 Å². The van der Waals surface area contributed by atoms with Gasteiger partial charge in [-0.3, -0.25) is 0 Å². The Balaban J connectivity index is 2.15. The second kappa shape index (κ2) is 1.58. The molecule has 2 saturated carbocycles. The average Bonchev–Trinajstić information content (AvgIpc) is 2.55. The minimum atomic E-state index is 0.279. The van der Waals surface area contributed by atoms with Crippen LogP contribution < -0.4 is 5.73 Å². The molecule has 10 heavy (non-hydrogen) atoms. The summed E-state index contributed by atoms with van der Waals surface area (Å²) in [6.45, 7) is 4.64. The molecular weight excluding hydrogens is 122 g/mol. The zero-order valence-electron chi connectivity index (χ0n) is 6.98. The second-order valence-electron chi connectivity index (χ2n) is 4.47. The van der Waals surface area contributed by atoms with Gasteiger partial charge in [-0.1, -0.05) is 13.8 Å². The third-order valence-electron chi connectivity index (χ3n) is 3.67. The largest absolute Gasteiger partial charge is 0.325 e. The van der Waals surface area contributed by atoms with E-state index >= 15 is 0 Å². The Hall–Kier alpha value is -0.0400. The Morgan fingerprint density at radius 2 is 1.60 bits per heavy atom. The molecule has 0 aliphatic heterocycles. The van der Waals surface area contributed by atoms with E-state index in [9.17, 15) is 0 Å². The zero-order chi connectivity index (χ0) is 7.41. The summed E-state index contributed by atoms with van der Waals surface area (Å²) in [7, 11) is 0. The summed E-state index contributed by atoms with van der Waals surface area (Å²) in [6, 6.07) is 0. The van der Waals surface area contributed by atoms with Crippen LogP contribution in [0.1, 0.15) is 39.5 Å². The van der Waals surface area contributed by atoms with Crippen molar-refractivity contribution < 1.29 is 0 Å². The van der Waals surface area contributed by atoms with Gasteiger partial charge in [0.15, 0.2) is 0 Å². The van der Waals surface area contributed by atoms with Gasteiger partial charge in [0.25, 0.3) is 0 Å². The normalized spacial score (nSPS) is 32.4. The second-order valence-corrected chi connectivity index (χ2v) is 4.47. The molecule has 2 rings (SSSR count). The van der Waals surface area contributed by atoms with Crippen LogP contribution in [-0.2, 0) is 0 Å². The van der Waals surface area contributed by atoms with E-state index < -0.39 is 0 Å². The molecule has 0 atom stereocenters. The summed E-state index contributed by atoms with van der Waals surface area (Å²) in [5, 5.41) is 0. The van der Waals surface area contributed by atoms with Crippen molar-refractivity contribution in [2.24, 2.45) is 17.1 Å². The van der Waals surface area contributed by atoms with E-state index in [-0.39, 0.29) is 5.54 Å². The lowest BCUT2D eigenvalue weighted by molar-refractivity contribution is 0.274. The van der Waals surface area contributed by atoms with Crippen molar-refractivity contribution in [2.75, 3.05) is 0 Å². The third-order valence-corrected chi connectivity index (χ3v) is 3.67. The van der Waals surface area contributed by atoms with E-state index in [1.807, 2.05) is 0 Å². The Kier molecular flexibility index (Phi) is 1.05. The lowest BCUT2D eigenvalue weighted by Crippen LogP contribution is -2.37. The molecule has 0 aromatic carbocycles. The summed E-state index contributed by atoms with van der Waals surface area (Å²) >= 11 is 0. The van der Waals surface area contributed by atoms with E-state index in [0.29, 0.717) is 5.41 Å². The molecule has 0 aromatic heterocycles. The monoisotopic (exact) mass is 139 g/mol. The van der Waals surface area contributed by atoms with Crippen LogP contribution in [0, 0.1) is 11.3 Å². The Morgan fingerprint density at radius 3 is 1.70 bits per heavy atom. The first kappa shape index (κ1) is 6.66. The van der Waals surface area contributed by atoms with Crippen molar-refractivity contribution in [1.29, 1.82) is 0 Å².